The standard InChI is InChI=1S/C27H39N3O6/c1-9-19-14-12-13-15-20(19)23(24(32)28-17-16-21(31)35-11-3)30(10-2)25(33)22(18(4)5)29-26(34)36-27(6,7)8/h1,12-15,18,22-23H,10-11,16-17H2,2-8H3,(H,28,32)(H,29,34). The molecule has 0 saturated carbocycles. The third kappa shape index (κ3) is 9.25. The lowest BCUT2D eigenvalue weighted by molar-refractivity contribution is -0.144. The molecule has 0 radical (unpaired) electrons. The Morgan fingerprint density at radius 1 is 1.11 bits per heavy atom. The summed E-state index contributed by atoms with van der Waals surface area (Å²) in [7, 11) is 0. The SMILES string of the molecule is C#Cc1ccccc1C(C(=O)NCCC(=O)OCC)N(CC)C(=O)C(NC(=O)OC(C)(C)C)C(C)C. The third-order valence-corrected chi connectivity index (χ3v) is 5.13. The van der Waals surface area contributed by atoms with Crippen molar-refractivity contribution in [3.8, 4) is 12.3 Å². The lowest BCUT2D eigenvalue weighted by Crippen LogP contribution is -2.55. The third-order valence-electron chi connectivity index (χ3n) is 5.13. The number of alkyl carbamates (subject to hydrolysis) is 1. The number of benzene rings is 1. The van der Waals surface area contributed by atoms with Gasteiger partial charge in [0.25, 0.3) is 0 Å². The summed E-state index contributed by atoms with van der Waals surface area (Å²) in [6.45, 7) is 12.6. The minimum atomic E-state index is -1.08. The van der Waals surface area contributed by atoms with Gasteiger partial charge in [-0.2, -0.15) is 0 Å². The highest BCUT2D eigenvalue weighted by atomic mass is 16.6. The fourth-order valence-electron chi connectivity index (χ4n) is 3.53. The highest BCUT2D eigenvalue weighted by molar-refractivity contribution is 5.92. The molecule has 1 aromatic rings. The molecule has 36 heavy (non-hydrogen) atoms. The number of nitrogens with one attached hydrogen (secondary N) is 2. The maximum Gasteiger partial charge on any atom is 0.408 e. The predicted molar refractivity (Wildman–Crippen MR) is 137 cm³/mol. The lowest BCUT2D eigenvalue weighted by Gasteiger charge is -2.35. The molecule has 0 heterocycles. The maximum atomic E-state index is 13.8. The van der Waals surface area contributed by atoms with Gasteiger partial charge in [-0.1, -0.05) is 38.0 Å². The maximum absolute atomic E-state index is 13.8. The molecule has 198 valence electrons. The highest BCUT2D eigenvalue weighted by Crippen LogP contribution is 2.26. The molecule has 0 fully saturated rings. The molecule has 0 saturated heterocycles. The lowest BCUT2D eigenvalue weighted by atomic mass is 9.96. The van der Waals surface area contributed by atoms with E-state index in [1.807, 2.05) is 0 Å². The van der Waals surface area contributed by atoms with E-state index in [1.165, 1.54) is 4.90 Å². The van der Waals surface area contributed by atoms with Crippen LogP contribution in [-0.2, 0) is 23.9 Å². The van der Waals surface area contributed by atoms with Crippen molar-refractivity contribution in [1.29, 1.82) is 0 Å². The van der Waals surface area contributed by atoms with E-state index < -0.39 is 41.6 Å². The van der Waals surface area contributed by atoms with Crippen LogP contribution >= 0.6 is 0 Å². The monoisotopic (exact) mass is 501 g/mol. The smallest absolute Gasteiger partial charge is 0.408 e. The van der Waals surface area contributed by atoms with Crippen molar-refractivity contribution in [1.82, 2.24) is 15.5 Å². The molecule has 0 bridgehead atoms. The van der Waals surface area contributed by atoms with E-state index in [1.54, 1.807) is 72.7 Å². The summed E-state index contributed by atoms with van der Waals surface area (Å²) in [5, 5.41) is 5.37. The number of carbonyl (C=O) groups excluding carboxylic acids is 4. The largest absolute Gasteiger partial charge is 0.466 e. The summed E-state index contributed by atoms with van der Waals surface area (Å²) >= 11 is 0. The van der Waals surface area contributed by atoms with Crippen LogP contribution in [0.4, 0.5) is 4.79 Å². The number of rotatable bonds is 11. The first kappa shape index (κ1) is 30.5. The number of terminal acetylenes is 1. The Hall–Kier alpha value is -3.54. The molecule has 9 heteroatoms. The zero-order chi connectivity index (χ0) is 27.5. The summed E-state index contributed by atoms with van der Waals surface area (Å²) in [5.41, 5.74) is 0.172. The van der Waals surface area contributed by atoms with E-state index in [2.05, 4.69) is 16.6 Å². The first-order valence-electron chi connectivity index (χ1n) is 12.1. The minimum Gasteiger partial charge on any atom is -0.466 e. The topological polar surface area (TPSA) is 114 Å². The second-order valence-electron chi connectivity index (χ2n) is 9.47. The van der Waals surface area contributed by atoms with Gasteiger partial charge in [0.05, 0.1) is 13.0 Å². The predicted octanol–water partition coefficient (Wildman–Crippen LogP) is 3.18. The van der Waals surface area contributed by atoms with Crippen LogP contribution in [0.2, 0.25) is 0 Å². The van der Waals surface area contributed by atoms with E-state index in [0.717, 1.165) is 0 Å². The summed E-state index contributed by atoms with van der Waals surface area (Å²) in [5.74, 6) is 0.865. The van der Waals surface area contributed by atoms with Crippen molar-refractivity contribution < 1.29 is 28.7 Å². The van der Waals surface area contributed by atoms with E-state index in [0.29, 0.717) is 11.1 Å². The fourth-order valence-corrected chi connectivity index (χ4v) is 3.53. The van der Waals surface area contributed by atoms with Crippen molar-refractivity contribution in [3.05, 3.63) is 35.4 Å². The number of esters is 1. The Labute approximate surface area is 214 Å². The van der Waals surface area contributed by atoms with Crippen molar-refractivity contribution in [3.63, 3.8) is 0 Å². The van der Waals surface area contributed by atoms with Crippen molar-refractivity contribution in [2.75, 3.05) is 19.7 Å². The van der Waals surface area contributed by atoms with Crippen LogP contribution in [0, 0.1) is 18.3 Å². The van der Waals surface area contributed by atoms with Gasteiger partial charge in [0.1, 0.15) is 17.7 Å². The Balaban J connectivity index is 3.34. The van der Waals surface area contributed by atoms with Crippen LogP contribution in [0.1, 0.15) is 72.1 Å². The molecule has 0 aromatic heterocycles. The van der Waals surface area contributed by atoms with Crippen LogP contribution in [0.3, 0.4) is 0 Å². The van der Waals surface area contributed by atoms with Crippen molar-refractivity contribution in [2.24, 2.45) is 5.92 Å². The van der Waals surface area contributed by atoms with Crippen LogP contribution in [0.25, 0.3) is 0 Å². The number of nitrogens with zero attached hydrogens (tertiary/aromatic N) is 1. The summed E-state index contributed by atoms with van der Waals surface area (Å²) in [6, 6.07) is 4.81. The average Bonchev–Trinajstić information content (AvgIpc) is 2.79. The van der Waals surface area contributed by atoms with E-state index in [9.17, 15) is 19.2 Å². The molecule has 0 aliphatic carbocycles. The molecule has 0 aliphatic heterocycles. The van der Waals surface area contributed by atoms with E-state index >= 15 is 0 Å². The fraction of sp³-hybridized carbons (Fsp3) is 0.556. The van der Waals surface area contributed by atoms with Gasteiger partial charge in [0.15, 0.2) is 0 Å². The van der Waals surface area contributed by atoms with E-state index in [4.69, 9.17) is 15.9 Å². The van der Waals surface area contributed by atoms with Crippen molar-refractivity contribution in [2.45, 2.75) is 72.6 Å². The molecule has 2 N–H and O–H groups in total. The number of ether oxygens (including phenoxy) is 2. The molecular weight excluding hydrogens is 462 g/mol. The summed E-state index contributed by atoms with van der Waals surface area (Å²) in [4.78, 5) is 52.7. The molecule has 2 atom stereocenters. The molecule has 1 aromatic carbocycles. The number of hydrogen-bond donors (Lipinski definition) is 2. The van der Waals surface area contributed by atoms with Crippen LogP contribution in [0.5, 0.6) is 0 Å². The number of carbonyl (C=O) groups is 4. The first-order chi connectivity index (χ1) is 16.9. The minimum absolute atomic E-state index is 0.0159. The molecule has 3 amide bonds. The van der Waals surface area contributed by atoms with Crippen LogP contribution in [-0.4, -0.2) is 60.1 Å². The summed E-state index contributed by atoms with van der Waals surface area (Å²) in [6.07, 6.45) is 4.94. The van der Waals surface area contributed by atoms with E-state index in [-0.39, 0.29) is 32.0 Å². The van der Waals surface area contributed by atoms with Gasteiger partial charge in [0, 0.05) is 18.7 Å². The van der Waals surface area contributed by atoms with Gasteiger partial charge in [0.2, 0.25) is 11.8 Å². The first-order valence-corrected chi connectivity index (χ1v) is 12.1. The molecule has 1 rings (SSSR count). The normalized spacial score (nSPS) is 12.6. The molecule has 0 spiro atoms. The molecule has 0 aliphatic rings. The molecule has 2 unspecified atom stereocenters. The Morgan fingerprint density at radius 3 is 2.28 bits per heavy atom. The second kappa shape index (κ2) is 14.1. The number of likely N-dealkylation sites (N-methyl/N-ethyl adjacent to an activating group) is 1. The number of hydrogen-bond acceptors (Lipinski definition) is 6. The van der Waals surface area contributed by atoms with Gasteiger partial charge >= 0.3 is 12.1 Å². The Morgan fingerprint density at radius 2 is 1.75 bits per heavy atom. The summed E-state index contributed by atoms with van der Waals surface area (Å²) < 4.78 is 10.2. The van der Waals surface area contributed by atoms with Gasteiger partial charge in [-0.15, -0.1) is 6.42 Å². The second-order valence-corrected chi connectivity index (χ2v) is 9.47. The number of amides is 3. The Kier molecular flexibility index (Phi) is 12.0. The van der Waals surface area contributed by atoms with Gasteiger partial charge in [-0.05, 0) is 52.2 Å². The highest BCUT2D eigenvalue weighted by Gasteiger charge is 2.37. The zero-order valence-corrected chi connectivity index (χ0v) is 22.3. The zero-order valence-electron chi connectivity index (χ0n) is 22.3. The average molecular weight is 502 g/mol. The van der Waals surface area contributed by atoms with Gasteiger partial charge in [-0.25, -0.2) is 4.79 Å². The van der Waals surface area contributed by atoms with Gasteiger partial charge in [-0.3, -0.25) is 14.4 Å². The quantitative estimate of drug-likeness (QED) is 0.356. The molecule has 9 nitrogen and oxygen atoms in total. The van der Waals surface area contributed by atoms with Crippen LogP contribution < -0.4 is 10.6 Å². The van der Waals surface area contributed by atoms with Crippen molar-refractivity contribution >= 4 is 23.9 Å². The van der Waals surface area contributed by atoms with Gasteiger partial charge < -0.3 is 25.0 Å². The van der Waals surface area contributed by atoms with Crippen LogP contribution in [0.15, 0.2) is 24.3 Å². The molecular formula is C27H39N3O6. The Bertz CT molecular complexity index is 961.